The second-order valence-electron chi connectivity index (χ2n) is 6.05. The third-order valence-electron chi connectivity index (χ3n) is 4.13. The lowest BCUT2D eigenvalue weighted by Gasteiger charge is -2.34. The molecule has 1 saturated heterocycles. The molecule has 0 saturated carbocycles. The number of ether oxygens (including phenoxy) is 1. The molecule has 1 N–H and O–H groups in total. The Morgan fingerprint density at radius 2 is 2.00 bits per heavy atom. The molecule has 2 aromatic rings. The number of hydrogen-bond donors (Lipinski definition) is 1. The molecule has 0 spiro atoms. The zero-order valence-corrected chi connectivity index (χ0v) is 15.0. The van der Waals surface area contributed by atoms with Crippen LogP contribution in [0.1, 0.15) is 28.9 Å². The van der Waals surface area contributed by atoms with Crippen LogP contribution < -0.4 is 10.1 Å². The molecular weight excluding hydrogens is 381 g/mol. The molecule has 0 radical (unpaired) electrons. The molecule has 3 rings (SSSR count). The molecule has 1 atom stereocenters. The van der Waals surface area contributed by atoms with Crippen LogP contribution in [-0.4, -0.2) is 35.7 Å². The molecular formula is C18H17F3N2O3S. The quantitative estimate of drug-likeness (QED) is 0.836. The highest BCUT2D eigenvalue weighted by Crippen LogP contribution is 2.26. The van der Waals surface area contributed by atoms with Crippen molar-refractivity contribution in [2.24, 2.45) is 0 Å². The van der Waals surface area contributed by atoms with E-state index in [2.05, 4.69) is 10.1 Å². The van der Waals surface area contributed by atoms with Gasteiger partial charge in [-0.1, -0.05) is 12.1 Å². The van der Waals surface area contributed by atoms with E-state index in [1.807, 2.05) is 0 Å². The SMILES string of the molecule is O=C(Nc1cccc(OC(F)(F)F)c1)C1CCCCN1C(=O)c1cccs1. The van der Waals surface area contributed by atoms with E-state index in [-0.39, 0.29) is 11.6 Å². The van der Waals surface area contributed by atoms with Gasteiger partial charge in [-0.25, -0.2) is 0 Å². The molecule has 2 amide bonds. The largest absolute Gasteiger partial charge is 0.573 e. The van der Waals surface area contributed by atoms with Crippen LogP contribution in [-0.2, 0) is 4.79 Å². The summed E-state index contributed by atoms with van der Waals surface area (Å²) >= 11 is 1.30. The van der Waals surface area contributed by atoms with Crippen LogP contribution >= 0.6 is 11.3 Å². The van der Waals surface area contributed by atoms with Crippen molar-refractivity contribution in [1.29, 1.82) is 0 Å². The number of thiophene rings is 1. The number of likely N-dealkylation sites (tertiary alicyclic amines) is 1. The van der Waals surface area contributed by atoms with Crippen LogP contribution in [0.4, 0.5) is 18.9 Å². The first-order valence-electron chi connectivity index (χ1n) is 8.34. The Hall–Kier alpha value is -2.55. The molecule has 27 heavy (non-hydrogen) atoms. The molecule has 0 bridgehead atoms. The van der Waals surface area contributed by atoms with Crippen molar-refractivity contribution in [3.8, 4) is 5.75 Å². The van der Waals surface area contributed by atoms with Gasteiger partial charge in [-0.2, -0.15) is 0 Å². The van der Waals surface area contributed by atoms with Crippen molar-refractivity contribution in [2.45, 2.75) is 31.7 Å². The van der Waals surface area contributed by atoms with Gasteiger partial charge >= 0.3 is 6.36 Å². The number of piperidine rings is 1. The smallest absolute Gasteiger partial charge is 0.406 e. The van der Waals surface area contributed by atoms with Crippen molar-refractivity contribution in [3.05, 3.63) is 46.7 Å². The number of hydrogen-bond acceptors (Lipinski definition) is 4. The Bertz CT molecular complexity index is 808. The maximum absolute atomic E-state index is 12.7. The van der Waals surface area contributed by atoms with Crippen LogP contribution in [0.5, 0.6) is 5.75 Å². The van der Waals surface area contributed by atoms with Gasteiger partial charge in [-0.05, 0) is 42.8 Å². The minimum absolute atomic E-state index is 0.177. The highest BCUT2D eigenvalue weighted by atomic mass is 32.1. The highest BCUT2D eigenvalue weighted by Gasteiger charge is 2.33. The van der Waals surface area contributed by atoms with Gasteiger partial charge in [-0.3, -0.25) is 9.59 Å². The average molecular weight is 398 g/mol. The molecule has 144 valence electrons. The summed E-state index contributed by atoms with van der Waals surface area (Å²) in [6.07, 6.45) is -2.71. The predicted octanol–water partition coefficient (Wildman–Crippen LogP) is 4.28. The van der Waals surface area contributed by atoms with Crippen molar-refractivity contribution in [3.63, 3.8) is 0 Å². The lowest BCUT2D eigenvalue weighted by atomic mass is 10.0. The van der Waals surface area contributed by atoms with Crippen molar-refractivity contribution in [2.75, 3.05) is 11.9 Å². The Labute approximate surface area is 157 Å². The number of nitrogens with zero attached hydrogens (tertiary/aromatic N) is 1. The first-order chi connectivity index (χ1) is 12.8. The van der Waals surface area contributed by atoms with Gasteiger partial charge in [0.2, 0.25) is 5.91 Å². The summed E-state index contributed by atoms with van der Waals surface area (Å²) in [6.45, 7) is 0.464. The monoisotopic (exact) mass is 398 g/mol. The van der Waals surface area contributed by atoms with Gasteiger partial charge in [0.25, 0.3) is 5.91 Å². The number of halogens is 3. The molecule has 2 heterocycles. The van der Waals surface area contributed by atoms with E-state index in [4.69, 9.17) is 0 Å². The maximum atomic E-state index is 12.7. The average Bonchev–Trinajstić information content (AvgIpc) is 3.14. The third-order valence-corrected chi connectivity index (χ3v) is 4.99. The molecule has 1 fully saturated rings. The standard InChI is InChI=1S/C18H17F3N2O3S/c19-18(20,21)26-13-6-3-5-12(11-13)22-16(24)14-7-1-2-9-23(14)17(25)15-8-4-10-27-15/h3-6,8,10-11,14H,1-2,7,9H2,(H,22,24). The van der Waals surface area contributed by atoms with Gasteiger partial charge < -0.3 is 15.0 Å². The minimum Gasteiger partial charge on any atom is -0.406 e. The number of benzene rings is 1. The van der Waals surface area contributed by atoms with E-state index >= 15 is 0 Å². The molecule has 9 heteroatoms. The van der Waals surface area contributed by atoms with E-state index in [0.29, 0.717) is 17.8 Å². The molecule has 0 aliphatic carbocycles. The molecule has 1 aromatic carbocycles. The van der Waals surface area contributed by atoms with Crippen LogP contribution in [0.2, 0.25) is 0 Å². The normalized spacial score (nSPS) is 17.4. The maximum Gasteiger partial charge on any atom is 0.573 e. The van der Waals surface area contributed by atoms with Crippen LogP contribution in [0.25, 0.3) is 0 Å². The van der Waals surface area contributed by atoms with Crippen molar-refractivity contribution in [1.82, 2.24) is 4.90 Å². The topological polar surface area (TPSA) is 58.6 Å². The number of carbonyl (C=O) groups is 2. The van der Waals surface area contributed by atoms with E-state index < -0.39 is 24.1 Å². The van der Waals surface area contributed by atoms with Crippen LogP contribution in [0.3, 0.4) is 0 Å². The molecule has 1 aliphatic heterocycles. The number of rotatable bonds is 4. The second kappa shape index (κ2) is 7.99. The summed E-state index contributed by atoms with van der Waals surface area (Å²) in [6, 6.07) is 7.87. The summed E-state index contributed by atoms with van der Waals surface area (Å²) in [5, 5.41) is 4.38. The van der Waals surface area contributed by atoms with Crippen LogP contribution in [0.15, 0.2) is 41.8 Å². The summed E-state index contributed by atoms with van der Waals surface area (Å²) in [7, 11) is 0. The third kappa shape index (κ3) is 5.00. The fourth-order valence-corrected chi connectivity index (χ4v) is 3.66. The van der Waals surface area contributed by atoms with Crippen molar-refractivity contribution < 1.29 is 27.5 Å². The van der Waals surface area contributed by atoms with Gasteiger partial charge in [0.05, 0.1) is 4.88 Å². The lowest BCUT2D eigenvalue weighted by molar-refractivity contribution is -0.274. The van der Waals surface area contributed by atoms with Gasteiger partial charge in [0.15, 0.2) is 0 Å². The van der Waals surface area contributed by atoms with E-state index in [1.165, 1.54) is 28.4 Å². The Morgan fingerprint density at radius 3 is 2.70 bits per heavy atom. The Morgan fingerprint density at radius 1 is 1.19 bits per heavy atom. The summed E-state index contributed by atoms with van der Waals surface area (Å²) in [5.41, 5.74) is 0.177. The first kappa shape index (κ1) is 19.2. The fraction of sp³-hybridized carbons (Fsp3) is 0.333. The summed E-state index contributed by atoms with van der Waals surface area (Å²) in [4.78, 5) is 27.4. The highest BCUT2D eigenvalue weighted by molar-refractivity contribution is 7.12. The number of alkyl halides is 3. The fourth-order valence-electron chi connectivity index (χ4n) is 2.99. The lowest BCUT2D eigenvalue weighted by Crippen LogP contribution is -2.49. The zero-order valence-electron chi connectivity index (χ0n) is 14.2. The van der Waals surface area contributed by atoms with Crippen molar-refractivity contribution >= 4 is 28.8 Å². The molecule has 1 aromatic heterocycles. The van der Waals surface area contributed by atoms with Gasteiger partial charge in [-0.15, -0.1) is 24.5 Å². The summed E-state index contributed by atoms with van der Waals surface area (Å²) < 4.78 is 40.9. The second-order valence-corrected chi connectivity index (χ2v) is 7.00. The van der Waals surface area contributed by atoms with E-state index in [0.717, 1.165) is 25.0 Å². The van der Waals surface area contributed by atoms with E-state index in [9.17, 15) is 22.8 Å². The minimum atomic E-state index is -4.81. The number of anilines is 1. The molecule has 1 aliphatic rings. The predicted molar refractivity (Wildman–Crippen MR) is 94.7 cm³/mol. The summed E-state index contributed by atoms with van der Waals surface area (Å²) in [5.74, 6) is -1.06. The van der Waals surface area contributed by atoms with Crippen LogP contribution in [0, 0.1) is 0 Å². The first-order valence-corrected chi connectivity index (χ1v) is 9.22. The number of nitrogens with one attached hydrogen (secondary N) is 1. The van der Waals surface area contributed by atoms with Gasteiger partial charge in [0, 0.05) is 18.3 Å². The number of amides is 2. The van der Waals surface area contributed by atoms with Gasteiger partial charge in [0.1, 0.15) is 11.8 Å². The number of carbonyl (C=O) groups excluding carboxylic acids is 2. The Balaban J connectivity index is 1.72. The Kier molecular flexibility index (Phi) is 5.69. The molecule has 1 unspecified atom stereocenters. The molecule has 5 nitrogen and oxygen atoms in total. The van der Waals surface area contributed by atoms with E-state index in [1.54, 1.807) is 17.5 Å². The zero-order chi connectivity index (χ0) is 19.4.